The Kier molecular flexibility index (Phi) is 3.98. The molecule has 0 atom stereocenters. The van der Waals surface area contributed by atoms with Gasteiger partial charge in [-0.1, -0.05) is 16.5 Å². The van der Waals surface area contributed by atoms with Crippen LogP contribution in [-0.2, 0) is 14.6 Å². The molecule has 1 heterocycles. The Hall–Kier alpha value is -1.26. The molecule has 0 fully saturated rings. The second-order valence-electron chi connectivity index (χ2n) is 3.99. The topological polar surface area (TPSA) is 157 Å². The Balaban J connectivity index is 2.87. The van der Waals surface area contributed by atoms with Gasteiger partial charge in [0, 0.05) is 10.9 Å². The molecule has 1 aromatic carbocycles. The molecular weight excluding hydrogens is 347 g/mol. The number of hydrogen-bond donors (Lipinski definition) is 5. The Morgan fingerprint density at radius 1 is 1.24 bits per heavy atom. The van der Waals surface area contributed by atoms with Crippen molar-refractivity contribution in [3.8, 4) is 0 Å². The number of sulfonamides is 1. The quantitative estimate of drug-likeness (QED) is 0.372. The van der Waals surface area contributed by atoms with Gasteiger partial charge in [0.1, 0.15) is 10.2 Å². The van der Waals surface area contributed by atoms with Gasteiger partial charge in [0.2, 0.25) is 0 Å². The largest absolute Gasteiger partial charge is 0.361 e. The predicted molar refractivity (Wildman–Crippen MR) is 73.4 cm³/mol. The average molecular weight is 355 g/mol. The molecule has 2 rings (SSSR count). The number of benzene rings is 1. The minimum atomic E-state index is -4.83. The highest BCUT2D eigenvalue weighted by molar-refractivity contribution is 7.89. The van der Waals surface area contributed by atoms with Crippen molar-refractivity contribution < 1.29 is 28.0 Å². The Morgan fingerprint density at radius 3 is 2.38 bits per heavy atom. The second-order valence-corrected chi connectivity index (χ2v) is 7.60. The van der Waals surface area contributed by atoms with Crippen LogP contribution >= 0.6 is 19.2 Å². The highest BCUT2D eigenvalue weighted by Crippen LogP contribution is 2.33. The fourth-order valence-electron chi connectivity index (χ4n) is 1.67. The van der Waals surface area contributed by atoms with Crippen molar-refractivity contribution in [3.05, 3.63) is 33.6 Å². The molecule has 114 valence electrons. The van der Waals surface area contributed by atoms with Gasteiger partial charge in [-0.05, 0) is 18.2 Å². The normalized spacial score (nSPS) is 12.8. The van der Waals surface area contributed by atoms with E-state index in [1.54, 1.807) is 0 Å². The molecule has 2 aromatic rings. The van der Waals surface area contributed by atoms with Crippen LogP contribution in [0.4, 0.5) is 0 Å². The van der Waals surface area contributed by atoms with Crippen molar-refractivity contribution in [1.82, 2.24) is 9.87 Å². The zero-order valence-corrected chi connectivity index (χ0v) is 12.4. The number of H-pyrrole nitrogens is 1. The Bertz CT molecular complexity index is 933. The van der Waals surface area contributed by atoms with E-state index in [1.165, 1.54) is 0 Å². The van der Waals surface area contributed by atoms with E-state index >= 15 is 0 Å². The van der Waals surface area contributed by atoms with Gasteiger partial charge in [0.05, 0.1) is 5.02 Å². The number of hydrogen-bond acceptors (Lipinski definition) is 5. The van der Waals surface area contributed by atoms with Gasteiger partial charge in [-0.25, -0.2) is 8.42 Å². The van der Waals surface area contributed by atoms with Crippen LogP contribution in [0.5, 0.6) is 0 Å². The molecule has 0 radical (unpaired) electrons. The molecule has 5 N–H and O–H groups in total. The fraction of sp³-hybridized carbons (Fsp3) is 0. The standard InChI is InChI=1S/C9H8ClN2O7PS/c10-5-3-6-4(2-8(5)21(18,19)12-14)1-7(9(13)11-6)20(15,16)17/h1-3,12,14H,(H,11,13)(H2,15,16,17). The van der Waals surface area contributed by atoms with Crippen molar-refractivity contribution in [1.29, 1.82) is 0 Å². The third-order valence-electron chi connectivity index (χ3n) is 2.60. The molecule has 0 saturated heterocycles. The molecule has 21 heavy (non-hydrogen) atoms. The van der Waals surface area contributed by atoms with E-state index < -0.39 is 33.4 Å². The lowest BCUT2D eigenvalue weighted by atomic mass is 10.2. The third-order valence-corrected chi connectivity index (χ3v) is 5.14. The number of nitrogens with one attached hydrogen (secondary N) is 2. The molecule has 0 bridgehead atoms. The highest BCUT2D eigenvalue weighted by Gasteiger charge is 2.24. The number of aromatic amines is 1. The van der Waals surface area contributed by atoms with Crippen LogP contribution in [0.1, 0.15) is 0 Å². The zero-order valence-electron chi connectivity index (χ0n) is 9.94. The fourth-order valence-corrected chi connectivity index (χ4v) is 3.46. The first-order valence-electron chi connectivity index (χ1n) is 5.15. The van der Waals surface area contributed by atoms with Gasteiger partial charge in [-0.2, -0.15) is 0 Å². The maximum atomic E-state index is 11.6. The summed E-state index contributed by atoms with van der Waals surface area (Å²) in [6.45, 7) is 0. The lowest BCUT2D eigenvalue weighted by molar-refractivity contribution is 0.242. The highest BCUT2D eigenvalue weighted by atomic mass is 35.5. The average Bonchev–Trinajstić information content (AvgIpc) is 2.35. The van der Waals surface area contributed by atoms with Crippen molar-refractivity contribution in [2.24, 2.45) is 0 Å². The molecule has 0 saturated carbocycles. The maximum Gasteiger partial charge on any atom is 0.361 e. The summed E-state index contributed by atoms with van der Waals surface area (Å²) in [5.41, 5.74) is -0.929. The minimum Gasteiger partial charge on any atom is -0.321 e. The van der Waals surface area contributed by atoms with Gasteiger partial charge in [-0.15, -0.1) is 0 Å². The SMILES string of the molecule is O=c1[nH]c2cc(Cl)c(S(=O)(=O)NO)cc2cc1P(=O)(O)O. The molecule has 0 aliphatic carbocycles. The molecule has 1 aromatic heterocycles. The minimum absolute atomic E-state index is 0.0196. The molecule has 0 aliphatic rings. The van der Waals surface area contributed by atoms with E-state index in [4.69, 9.17) is 26.6 Å². The van der Waals surface area contributed by atoms with Gasteiger partial charge in [0.15, 0.2) is 0 Å². The summed E-state index contributed by atoms with van der Waals surface area (Å²) in [5.74, 6) is 0. The van der Waals surface area contributed by atoms with Gasteiger partial charge < -0.3 is 20.0 Å². The first kappa shape index (κ1) is 16.1. The van der Waals surface area contributed by atoms with Crippen molar-refractivity contribution >= 4 is 45.4 Å². The molecule has 12 heteroatoms. The maximum absolute atomic E-state index is 11.6. The van der Waals surface area contributed by atoms with E-state index in [-0.39, 0.29) is 15.9 Å². The zero-order chi connectivity index (χ0) is 16.0. The lowest BCUT2D eigenvalue weighted by Crippen LogP contribution is -2.27. The van der Waals surface area contributed by atoms with E-state index in [9.17, 15) is 17.8 Å². The number of pyridine rings is 1. The van der Waals surface area contributed by atoms with Crippen molar-refractivity contribution in [2.45, 2.75) is 4.90 Å². The summed E-state index contributed by atoms with van der Waals surface area (Å²) >= 11 is 5.74. The summed E-state index contributed by atoms with van der Waals surface area (Å²) in [6.07, 6.45) is 0. The predicted octanol–water partition coefficient (Wildman–Crippen LogP) is -0.348. The van der Waals surface area contributed by atoms with Crippen LogP contribution in [0.25, 0.3) is 10.9 Å². The van der Waals surface area contributed by atoms with Gasteiger partial charge >= 0.3 is 7.60 Å². The molecule has 0 amide bonds. The number of fused-ring (bicyclic) bond motifs is 1. The summed E-state index contributed by atoms with van der Waals surface area (Å²) < 4.78 is 34.3. The van der Waals surface area contributed by atoms with Crippen LogP contribution in [0.2, 0.25) is 5.02 Å². The van der Waals surface area contributed by atoms with E-state index in [1.807, 2.05) is 0 Å². The van der Waals surface area contributed by atoms with E-state index in [0.29, 0.717) is 0 Å². The summed E-state index contributed by atoms with van der Waals surface area (Å²) in [4.78, 5) is 32.4. The molecule has 0 unspecified atom stereocenters. The van der Waals surface area contributed by atoms with Gasteiger partial charge in [-0.3, -0.25) is 9.36 Å². The Labute approximate surface area is 122 Å². The van der Waals surface area contributed by atoms with Gasteiger partial charge in [0.25, 0.3) is 15.6 Å². The summed E-state index contributed by atoms with van der Waals surface area (Å²) in [5, 5.41) is 7.52. The van der Waals surface area contributed by atoms with Crippen molar-refractivity contribution in [2.75, 3.05) is 0 Å². The van der Waals surface area contributed by atoms with E-state index in [0.717, 1.165) is 23.1 Å². The van der Waals surface area contributed by atoms with E-state index in [2.05, 4.69) is 4.98 Å². The van der Waals surface area contributed by atoms with Crippen LogP contribution in [0.3, 0.4) is 0 Å². The van der Waals surface area contributed by atoms with Crippen LogP contribution in [0, 0.1) is 0 Å². The number of halogens is 1. The molecular formula is C9H8ClN2O7PS. The first-order chi connectivity index (χ1) is 9.56. The lowest BCUT2D eigenvalue weighted by Gasteiger charge is -2.08. The second kappa shape index (κ2) is 5.18. The third kappa shape index (κ3) is 3.01. The monoisotopic (exact) mass is 354 g/mol. The van der Waals surface area contributed by atoms with Crippen molar-refractivity contribution in [3.63, 3.8) is 0 Å². The molecule has 9 nitrogen and oxygen atoms in total. The van der Waals surface area contributed by atoms with Crippen LogP contribution in [-0.4, -0.2) is 28.4 Å². The number of aromatic nitrogens is 1. The molecule has 0 spiro atoms. The smallest absolute Gasteiger partial charge is 0.321 e. The first-order valence-corrected chi connectivity index (χ1v) is 8.62. The molecule has 0 aliphatic heterocycles. The van der Waals surface area contributed by atoms with Crippen LogP contribution in [0.15, 0.2) is 27.9 Å². The van der Waals surface area contributed by atoms with Crippen LogP contribution < -0.4 is 15.7 Å². The Morgan fingerprint density at radius 2 is 1.86 bits per heavy atom. The summed E-state index contributed by atoms with van der Waals surface area (Å²) in [7, 11) is -9.12. The summed E-state index contributed by atoms with van der Waals surface area (Å²) in [6, 6.07) is 2.92. The number of rotatable bonds is 3.